The van der Waals surface area contributed by atoms with Crippen LogP contribution in [0.1, 0.15) is 29.3 Å². The zero-order valence-electron chi connectivity index (χ0n) is 15.9. The molecule has 1 fully saturated rings. The van der Waals surface area contributed by atoms with Gasteiger partial charge in [0.15, 0.2) is 0 Å². The van der Waals surface area contributed by atoms with E-state index in [0.717, 1.165) is 17.7 Å². The van der Waals surface area contributed by atoms with E-state index >= 15 is 0 Å². The highest BCUT2D eigenvalue weighted by atomic mass is 16.5. The molecule has 0 aliphatic carbocycles. The zero-order chi connectivity index (χ0) is 19.8. The van der Waals surface area contributed by atoms with E-state index in [1.54, 1.807) is 24.3 Å². The van der Waals surface area contributed by atoms with Crippen LogP contribution >= 0.6 is 0 Å². The maximum Gasteiger partial charge on any atom is 0.339 e. The summed E-state index contributed by atoms with van der Waals surface area (Å²) in [5.74, 6) is -1.13. The summed E-state index contributed by atoms with van der Waals surface area (Å²) >= 11 is 0. The Hall–Kier alpha value is -3.15. The van der Waals surface area contributed by atoms with E-state index in [1.807, 2.05) is 36.1 Å². The first-order chi connectivity index (χ1) is 13.5. The summed E-state index contributed by atoms with van der Waals surface area (Å²) in [4.78, 5) is 41.4. The summed E-state index contributed by atoms with van der Waals surface area (Å²) in [6, 6.07) is 14.8. The fourth-order valence-electron chi connectivity index (χ4n) is 4.20. The van der Waals surface area contributed by atoms with Crippen molar-refractivity contribution in [3.05, 3.63) is 59.7 Å². The molecule has 2 heterocycles. The molecule has 2 amide bonds. The van der Waals surface area contributed by atoms with Crippen molar-refractivity contribution >= 4 is 29.2 Å². The van der Waals surface area contributed by atoms with Gasteiger partial charge in [0.1, 0.15) is 0 Å². The molecule has 2 atom stereocenters. The predicted molar refractivity (Wildman–Crippen MR) is 105 cm³/mol. The van der Waals surface area contributed by atoms with Crippen LogP contribution in [0.2, 0.25) is 0 Å². The molecule has 144 valence electrons. The number of benzene rings is 2. The Morgan fingerprint density at radius 1 is 1.00 bits per heavy atom. The molecule has 28 heavy (non-hydrogen) atoms. The average Bonchev–Trinajstić information content (AvgIpc) is 3.26. The molecule has 0 aromatic heterocycles. The van der Waals surface area contributed by atoms with Gasteiger partial charge in [-0.15, -0.1) is 0 Å². The normalized spacial score (nSPS) is 21.0. The maximum atomic E-state index is 13.3. The molecule has 4 rings (SSSR count). The summed E-state index contributed by atoms with van der Waals surface area (Å²) in [5.41, 5.74) is 2.90. The van der Waals surface area contributed by atoms with Crippen LogP contribution in [0.3, 0.4) is 0 Å². The van der Waals surface area contributed by atoms with Gasteiger partial charge in [-0.05, 0) is 37.1 Å². The molecule has 2 aliphatic rings. The van der Waals surface area contributed by atoms with E-state index < -0.39 is 11.9 Å². The van der Waals surface area contributed by atoms with E-state index in [9.17, 15) is 14.4 Å². The molecule has 1 saturated heterocycles. The van der Waals surface area contributed by atoms with Crippen molar-refractivity contribution in [3.63, 3.8) is 0 Å². The Kier molecular flexibility index (Phi) is 4.63. The van der Waals surface area contributed by atoms with E-state index in [0.29, 0.717) is 11.3 Å². The lowest BCUT2D eigenvalue weighted by Gasteiger charge is -2.26. The SMILES string of the molecule is COC(=O)c1ccccc1N1CC(C(=O)N2c3ccccc3CC2C)CC1=O. The van der Waals surface area contributed by atoms with Crippen molar-refractivity contribution < 1.29 is 19.1 Å². The van der Waals surface area contributed by atoms with Crippen molar-refractivity contribution in [3.8, 4) is 0 Å². The lowest BCUT2D eigenvalue weighted by molar-refractivity contribution is -0.124. The average molecular weight is 378 g/mol. The lowest BCUT2D eigenvalue weighted by atomic mass is 10.1. The molecular formula is C22H22N2O4. The van der Waals surface area contributed by atoms with Gasteiger partial charge in [-0.2, -0.15) is 0 Å². The van der Waals surface area contributed by atoms with Gasteiger partial charge in [0.05, 0.1) is 24.3 Å². The number of methoxy groups -OCH3 is 1. The molecule has 0 N–H and O–H groups in total. The molecule has 6 nitrogen and oxygen atoms in total. The van der Waals surface area contributed by atoms with Crippen LogP contribution in [0, 0.1) is 5.92 Å². The van der Waals surface area contributed by atoms with Crippen LogP contribution in [0.25, 0.3) is 0 Å². The zero-order valence-corrected chi connectivity index (χ0v) is 15.9. The first kappa shape index (κ1) is 18.2. The first-order valence-electron chi connectivity index (χ1n) is 9.40. The van der Waals surface area contributed by atoms with Crippen LogP contribution in [0.4, 0.5) is 11.4 Å². The lowest BCUT2D eigenvalue weighted by Crippen LogP contribution is -2.41. The largest absolute Gasteiger partial charge is 0.465 e. The van der Waals surface area contributed by atoms with Crippen molar-refractivity contribution in [2.45, 2.75) is 25.8 Å². The fraction of sp³-hybridized carbons (Fsp3) is 0.318. The number of nitrogens with zero attached hydrogens (tertiary/aromatic N) is 2. The number of anilines is 2. The Balaban J connectivity index is 1.60. The molecule has 0 bridgehead atoms. The number of amides is 2. The van der Waals surface area contributed by atoms with Gasteiger partial charge in [-0.25, -0.2) is 4.79 Å². The number of ether oxygens (including phenoxy) is 1. The van der Waals surface area contributed by atoms with Gasteiger partial charge in [0.25, 0.3) is 0 Å². The van der Waals surface area contributed by atoms with Crippen LogP contribution in [0.15, 0.2) is 48.5 Å². The summed E-state index contributed by atoms with van der Waals surface area (Å²) in [6.07, 6.45) is 0.956. The van der Waals surface area contributed by atoms with E-state index in [2.05, 4.69) is 0 Å². The monoisotopic (exact) mass is 378 g/mol. The molecule has 2 aliphatic heterocycles. The van der Waals surface area contributed by atoms with E-state index in [1.165, 1.54) is 12.0 Å². The minimum absolute atomic E-state index is 0.0381. The van der Waals surface area contributed by atoms with Crippen LogP contribution in [-0.4, -0.2) is 37.5 Å². The highest BCUT2D eigenvalue weighted by molar-refractivity contribution is 6.08. The van der Waals surface area contributed by atoms with Crippen molar-refractivity contribution in [1.29, 1.82) is 0 Å². The number of para-hydroxylation sites is 2. The number of rotatable bonds is 3. The molecule has 2 unspecified atom stereocenters. The Labute approximate surface area is 163 Å². The van der Waals surface area contributed by atoms with E-state index in [4.69, 9.17) is 4.74 Å². The third-order valence-corrected chi connectivity index (χ3v) is 5.52. The highest BCUT2D eigenvalue weighted by Gasteiger charge is 2.41. The second kappa shape index (κ2) is 7.11. The first-order valence-corrected chi connectivity index (χ1v) is 9.40. The van der Waals surface area contributed by atoms with Gasteiger partial charge in [0, 0.05) is 24.7 Å². The molecular weight excluding hydrogens is 356 g/mol. The molecule has 6 heteroatoms. The van der Waals surface area contributed by atoms with E-state index in [-0.39, 0.29) is 30.8 Å². The predicted octanol–water partition coefficient (Wildman–Crippen LogP) is 2.80. The number of esters is 1. The van der Waals surface area contributed by atoms with Crippen molar-refractivity contribution in [2.75, 3.05) is 23.5 Å². The van der Waals surface area contributed by atoms with Gasteiger partial charge in [0.2, 0.25) is 11.8 Å². The Morgan fingerprint density at radius 2 is 1.68 bits per heavy atom. The quantitative estimate of drug-likeness (QED) is 0.771. The molecule has 2 aromatic carbocycles. The van der Waals surface area contributed by atoms with Crippen LogP contribution in [0.5, 0.6) is 0 Å². The fourth-order valence-corrected chi connectivity index (χ4v) is 4.20. The molecule has 2 aromatic rings. The number of hydrogen-bond acceptors (Lipinski definition) is 4. The molecule has 0 radical (unpaired) electrons. The van der Waals surface area contributed by atoms with Gasteiger partial charge >= 0.3 is 5.97 Å². The van der Waals surface area contributed by atoms with Gasteiger partial charge in [-0.1, -0.05) is 30.3 Å². The third kappa shape index (κ3) is 2.95. The third-order valence-electron chi connectivity index (χ3n) is 5.52. The Bertz CT molecular complexity index is 955. The number of hydrogen-bond donors (Lipinski definition) is 0. The van der Waals surface area contributed by atoms with Gasteiger partial charge in [-0.3, -0.25) is 9.59 Å². The maximum absolute atomic E-state index is 13.3. The smallest absolute Gasteiger partial charge is 0.339 e. The number of fused-ring (bicyclic) bond motifs is 1. The Morgan fingerprint density at radius 3 is 2.43 bits per heavy atom. The summed E-state index contributed by atoms with van der Waals surface area (Å²) in [7, 11) is 1.31. The second-order valence-corrected chi connectivity index (χ2v) is 7.30. The van der Waals surface area contributed by atoms with Crippen molar-refractivity contribution in [1.82, 2.24) is 0 Å². The van der Waals surface area contributed by atoms with Crippen LogP contribution < -0.4 is 9.80 Å². The molecule has 0 spiro atoms. The number of carbonyl (C=O) groups excluding carboxylic acids is 3. The minimum atomic E-state index is -0.500. The summed E-state index contributed by atoms with van der Waals surface area (Å²) in [6.45, 7) is 2.29. The van der Waals surface area contributed by atoms with Crippen molar-refractivity contribution in [2.24, 2.45) is 5.92 Å². The van der Waals surface area contributed by atoms with Crippen LogP contribution in [-0.2, 0) is 20.7 Å². The second-order valence-electron chi connectivity index (χ2n) is 7.30. The summed E-state index contributed by atoms with van der Waals surface area (Å²) in [5, 5.41) is 0. The van der Waals surface area contributed by atoms with Gasteiger partial charge < -0.3 is 14.5 Å². The molecule has 0 saturated carbocycles. The number of carbonyl (C=O) groups is 3. The topological polar surface area (TPSA) is 66.9 Å². The standard InChI is InChI=1S/C22H22N2O4/c1-14-11-15-7-3-5-9-18(15)24(14)21(26)16-12-20(25)23(13-16)19-10-6-4-8-17(19)22(27)28-2/h3-10,14,16H,11-13H2,1-2H3. The minimum Gasteiger partial charge on any atom is -0.465 e. The summed E-state index contributed by atoms with van der Waals surface area (Å²) < 4.78 is 4.83. The highest BCUT2D eigenvalue weighted by Crippen LogP contribution is 2.36.